The lowest BCUT2D eigenvalue weighted by Crippen LogP contribution is -2.47. The number of hydrogen-bond donors (Lipinski definition) is 2. The lowest BCUT2D eigenvalue weighted by Gasteiger charge is -2.33. The summed E-state index contributed by atoms with van der Waals surface area (Å²) in [4.78, 5) is 14.7. The lowest BCUT2D eigenvalue weighted by molar-refractivity contribution is 0.0894. The number of carbonyl (C=O) groups excluding carboxylic acids is 1. The van der Waals surface area contributed by atoms with Crippen LogP contribution in [0.5, 0.6) is 0 Å². The fourth-order valence-electron chi connectivity index (χ4n) is 3.44. The zero-order valence-electron chi connectivity index (χ0n) is 14.8. The number of H-pyrrole nitrogens is 1. The molecule has 2 heterocycles. The van der Waals surface area contributed by atoms with Gasteiger partial charge < -0.3 is 5.32 Å². The van der Waals surface area contributed by atoms with Crippen molar-refractivity contribution in [2.75, 3.05) is 13.1 Å². The summed E-state index contributed by atoms with van der Waals surface area (Å²) < 4.78 is 13.8. The van der Waals surface area contributed by atoms with Crippen LogP contribution < -0.4 is 5.32 Å². The number of likely N-dealkylation sites (tertiary alicyclic amines) is 1. The van der Waals surface area contributed by atoms with E-state index in [0.29, 0.717) is 17.8 Å². The smallest absolute Gasteiger partial charge is 0.272 e. The van der Waals surface area contributed by atoms with Crippen LogP contribution in [0.2, 0.25) is 0 Å². The molecule has 5 nitrogen and oxygen atoms in total. The van der Waals surface area contributed by atoms with Crippen molar-refractivity contribution < 1.29 is 9.18 Å². The predicted molar refractivity (Wildman–Crippen MR) is 94.9 cm³/mol. The van der Waals surface area contributed by atoms with Gasteiger partial charge >= 0.3 is 0 Å². The largest absolute Gasteiger partial charge is 0.347 e. The van der Waals surface area contributed by atoms with E-state index in [2.05, 4.69) is 20.4 Å². The van der Waals surface area contributed by atoms with Gasteiger partial charge in [-0.15, -0.1) is 0 Å². The molecule has 1 aliphatic heterocycles. The molecular weight excluding hydrogens is 319 g/mol. The second-order valence-electron chi connectivity index (χ2n) is 6.67. The fraction of sp³-hybridized carbons (Fsp3) is 0.474. The molecule has 3 rings (SSSR count). The number of aromatic amines is 1. The number of aromatic nitrogens is 2. The van der Waals surface area contributed by atoms with Crippen molar-refractivity contribution in [2.24, 2.45) is 0 Å². The van der Waals surface area contributed by atoms with Gasteiger partial charge in [-0.2, -0.15) is 5.10 Å². The van der Waals surface area contributed by atoms with Crippen molar-refractivity contribution >= 4 is 5.91 Å². The van der Waals surface area contributed by atoms with Gasteiger partial charge in [0.25, 0.3) is 5.91 Å². The number of nitrogens with zero attached hydrogens (tertiary/aromatic N) is 2. The molecule has 134 valence electrons. The van der Waals surface area contributed by atoms with Crippen molar-refractivity contribution in [3.8, 4) is 0 Å². The highest BCUT2D eigenvalue weighted by Gasteiger charge is 2.24. The Labute approximate surface area is 147 Å². The first-order valence-electron chi connectivity index (χ1n) is 8.89. The molecule has 2 aromatic rings. The monoisotopic (exact) mass is 344 g/mol. The maximum atomic E-state index is 13.8. The van der Waals surface area contributed by atoms with E-state index < -0.39 is 0 Å². The van der Waals surface area contributed by atoms with Gasteiger partial charge in [-0.1, -0.05) is 25.1 Å². The Kier molecular flexibility index (Phi) is 5.48. The number of rotatable bonds is 5. The van der Waals surface area contributed by atoms with Crippen LogP contribution in [0.4, 0.5) is 4.39 Å². The highest BCUT2D eigenvalue weighted by Crippen LogP contribution is 2.17. The molecular formula is C19H25FN4O. The first-order valence-corrected chi connectivity index (χ1v) is 8.89. The predicted octanol–water partition coefficient (Wildman–Crippen LogP) is 2.81. The Balaban J connectivity index is 1.60. The minimum Gasteiger partial charge on any atom is -0.347 e. The van der Waals surface area contributed by atoms with Crippen molar-refractivity contribution in [2.45, 2.75) is 45.7 Å². The number of halogens is 1. The van der Waals surface area contributed by atoms with E-state index in [1.165, 1.54) is 6.07 Å². The highest BCUT2D eigenvalue weighted by atomic mass is 19.1. The second-order valence-corrected chi connectivity index (χ2v) is 6.67. The number of piperidine rings is 1. The molecule has 0 spiro atoms. The third kappa shape index (κ3) is 4.07. The standard InChI is InChI=1S/C19H25FN4O/c1-3-17-13(2)18(23-22-17)19(25)21-15-8-6-10-24(12-15)11-14-7-4-5-9-16(14)20/h4-5,7,9,15H,3,6,8,10-12H2,1-2H3,(H,21,25)(H,22,23)/t15-/m1/s1. The summed E-state index contributed by atoms with van der Waals surface area (Å²) in [7, 11) is 0. The van der Waals surface area contributed by atoms with E-state index in [-0.39, 0.29) is 17.8 Å². The minimum absolute atomic E-state index is 0.0641. The van der Waals surface area contributed by atoms with Crippen molar-refractivity contribution in [1.29, 1.82) is 0 Å². The summed E-state index contributed by atoms with van der Waals surface area (Å²) in [6.07, 6.45) is 2.74. The van der Waals surface area contributed by atoms with Gasteiger partial charge in [0.2, 0.25) is 0 Å². The molecule has 1 saturated heterocycles. The first-order chi connectivity index (χ1) is 12.1. The molecule has 1 aromatic carbocycles. The SMILES string of the molecule is CCc1[nH]nc(C(=O)N[C@@H]2CCCN(Cc3ccccc3F)C2)c1C. The molecule has 0 saturated carbocycles. The maximum absolute atomic E-state index is 13.8. The van der Waals surface area contributed by atoms with Gasteiger partial charge in [-0.3, -0.25) is 14.8 Å². The van der Waals surface area contributed by atoms with Gasteiger partial charge in [0, 0.05) is 36.0 Å². The van der Waals surface area contributed by atoms with Crippen LogP contribution in [0.3, 0.4) is 0 Å². The van der Waals surface area contributed by atoms with Crippen LogP contribution in [0.1, 0.15) is 47.1 Å². The van der Waals surface area contributed by atoms with E-state index in [1.54, 1.807) is 6.07 Å². The average Bonchev–Trinajstić information content (AvgIpc) is 2.98. The molecule has 2 N–H and O–H groups in total. The Hall–Kier alpha value is -2.21. The third-order valence-electron chi connectivity index (χ3n) is 4.87. The number of aryl methyl sites for hydroxylation is 1. The topological polar surface area (TPSA) is 61.0 Å². The number of carbonyl (C=O) groups is 1. The Morgan fingerprint density at radius 1 is 1.44 bits per heavy atom. The van der Waals surface area contributed by atoms with Crippen LogP contribution in [-0.4, -0.2) is 40.1 Å². The summed E-state index contributed by atoms with van der Waals surface area (Å²) in [6, 6.07) is 6.93. The lowest BCUT2D eigenvalue weighted by atomic mass is 10.0. The molecule has 0 radical (unpaired) electrons. The average molecular weight is 344 g/mol. The van der Waals surface area contributed by atoms with Crippen LogP contribution in [0.25, 0.3) is 0 Å². The number of amides is 1. The molecule has 0 aliphatic carbocycles. The van der Waals surface area contributed by atoms with E-state index in [0.717, 1.165) is 43.6 Å². The van der Waals surface area contributed by atoms with Crippen LogP contribution >= 0.6 is 0 Å². The highest BCUT2D eigenvalue weighted by molar-refractivity contribution is 5.94. The minimum atomic E-state index is -0.173. The first kappa shape index (κ1) is 17.6. The van der Waals surface area contributed by atoms with Gasteiger partial charge in [0.05, 0.1) is 0 Å². The zero-order chi connectivity index (χ0) is 17.8. The summed E-state index contributed by atoms with van der Waals surface area (Å²) in [6.45, 7) is 6.17. The fourth-order valence-corrected chi connectivity index (χ4v) is 3.44. The molecule has 1 atom stereocenters. The van der Waals surface area contributed by atoms with Gasteiger partial charge in [-0.25, -0.2) is 4.39 Å². The summed E-state index contributed by atoms with van der Waals surface area (Å²) in [5.74, 6) is -0.306. The van der Waals surface area contributed by atoms with Crippen LogP contribution in [-0.2, 0) is 13.0 Å². The molecule has 1 amide bonds. The van der Waals surface area contributed by atoms with Gasteiger partial charge in [-0.05, 0) is 38.8 Å². The number of benzene rings is 1. The van der Waals surface area contributed by atoms with Crippen molar-refractivity contribution in [1.82, 2.24) is 20.4 Å². The summed E-state index contributed by atoms with van der Waals surface area (Å²) >= 11 is 0. The Morgan fingerprint density at radius 3 is 2.96 bits per heavy atom. The Bertz CT molecular complexity index is 743. The van der Waals surface area contributed by atoms with E-state index in [4.69, 9.17) is 0 Å². The molecule has 6 heteroatoms. The van der Waals surface area contributed by atoms with Crippen molar-refractivity contribution in [3.63, 3.8) is 0 Å². The van der Waals surface area contributed by atoms with Gasteiger partial charge in [0.15, 0.2) is 5.69 Å². The molecule has 1 fully saturated rings. The van der Waals surface area contributed by atoms with Crippen LogP contribution in [0, 0.1) is 12.7 Å². The maximum Gasteiger partial charge on any atom is 0.272 e. The second kappa shape index (κ2) is 7.78. The van der Waals surface area contributed by atoms with E-state index in [9.17, 15) is 9.18 Å². The van der Waals surface area contributed by atoms with Crippen molar-refractivity contribution in [3.05, 3.63) is 52.6 Å². The third-order valence-corrected chi connectivity index (χ3v) is 4.87. The molecule has 0 bridgehead atoms. The van der Waals surface area contributed by atoms with E-state index in [1.807, 2.05) is 26.0 Å². The molecule has 0 unspecified atom stereocenters. The molecule has 1 aliphatic rings. The quantitative estimate of drug-likeness (QED) is 0.877. The van der Waals surface area contributed by atoms with Crippen LogP contribution in [0.15, 0.2) is 24.3 Å². The van der Waals surface area contributed by atoms with Gasteiger partial charge in [0.1, 0.15) is 5.82 Å². The number of nitrogens with one attached hydrogen (secondary N) is 2. The normalized spacial score (nSPS) is 18.3. The molecule has 1 aromatic heterocycles. The summed E-state index contributed by atoms with van der Waals surface area (Å²) in [5, 5.41) is 10.2. The number of hydrogen-bond acceptors (Lipinski definition) is 3. The Morgan fingerprint density at radius 2 is 2.24 bits per heavy atom. The van der Waals surface area contributed by atoms with E-state index >= 15 is 0 Å². The molecule has 25 heavy (non-hydrogen) atoms. The zero-order valence-corrected chi connectivity index (χ0v) is 14.8. The summed E-state index contributed by atoms with van der Waals surface area (Å²) in [5.41, 5.74) is 3.09.